The maximum absolute atomic E-state index is 6.20. The minimum atomic E-state index is -1.82. The number of ether oxygens (including phenoxy) is 1. The van der Waals surface area contributed by atoms with Crippen LogP contribution in [-0.2, 0) is 0 Å². The van der Waals surface area contributed by atoms with Crippen LogP contribution in [-0.4, -0.2) is 21.2 Å². The number of nitrogens with zero attached hydrogens (tertiary/aromatic N) is 1. The van der Waals surface area contributed by atoms with Gasteiger partial charge >= 0.3 is 0 Å². The highest BCUT2D eigenvalue weighted by atomic mass is 28.3. The summed E-state index contributed by atoms with van der Waals surface area (Å²) in [4.78, 5) is 2.60. The van der Waals surface area contributed by atoms with Gasteiger partial charge in [-0.25, -0.2) is 0 Å². The Morgan fingerprint density at radius 1 is 0.889 bits per heavy atom. The molecule has 2 heterocycles. The third-order valence-corrected chi connectivity index (χ3v) is 11.6. The number of anilines is 1. The minimum absolute atomic E-state index is 0.771. The molecule has 0 radical (unpaired) electrons. The van der Waals surface area contributed by atoms with Gasteiger partial charge in [0.2, 0.25) is 0 Å². The second kappa shape index (κ2) is 6.57. The van der Waals surface area contributed by atoms with Crippen molar-refractivity contribution >= 4 is 24.1 Å². The molecule has 0 amide bonds. The Kier molecular flexibility index (Phi) is 4.05. The first kappa shape index (κ1) is 16.6. The number of hydrogen-bond donors (Lipinski definition) is 0. The molecule has 2 nitrogen and oxygen atoms in total. The Morgan fingerprint density at radius 3 is 2.41 bits per heavy atom. The van der Waals surface area contributed by atoms with Gasteiger partial charge in [0.15, 0.2) is 0 Å². The van der Waals surface area contributed by atoms with E-state index in [0.717, 1.165) is 17.0 Å². The summed E-state index contributed by atoms with van der Waals surface area (Å²) < 4.78 is 6.20. The maximum Gasteiger partial charge on any atom is 0.127 e. The molecule has 136 valence electrons. The lowest BCUT2D eigenvalue weighted by Crippen LogP contribution is -2.66. The fraction of sp³-hybridized carbons (Fsp3) is 0.250. The Hall–Kier alpha value is -2.52. The van der Waals surface area contributed by atoms with Crippen molar-refractivity contribution in [1.29, 1.82) is 0 Å². The summed E-state index contributed by atoms with van der Waals surface area (Å²) in [5.74, 6) is 1.85. The molecule has 0 saturated carbocycles. The van der Waals surface area contributed by atoms with Gasteiger partial charge in [0, 0.05) is 18.8 Å². The topological polar surface area (TPSA) is 12.5 Å². The highest BCUT2D eigenvalue weighted by molar-refractivity contribution is 7.03. The lowest BCUT2D eigenvalue weighted by molar-refractivity contribution is 0.482. The Labute approximate surface area is 162 Å². The molecular weight excluding hydrogens is 346 g/mol. The Balaban J connectivity index is 1.64. The van der Waals surface area contributed by atoms with Crippen LogP contribution >= 0.6 is 0 Å². The van der Waals surface area contributed by atoms with Crippen LogP contribution in [0.2, 0.25) is 12.1 Å². The van der Waals surface area contributed by atoms with Crippen molar-refractivity contribution in [1.82, 2.24) is 0 Å². The summed E-state index contributed by atoms with van der Waals surface area (Å²) in [6.45, 7) is 4.96. The second-order valence-electron chi connectivity index (χ2n) is 7.95. The Morgan fingerprint density at radius 2 is 1.63 bits per heavy atom. The van der Waals surface area contributed by atoms with E-state index in [1.165, 1.54) is 36.8 Å². The number of para-hydroxylation sites is 1. The lowest BCUT2D eigenvalue weighted by Gasteiger charge is -2.50. The van der Waals surface area contributed by atoms with Gasteiger partial charge in [-0.2, -0.15) is 0 Å². The zero-order valence-electron chi connectivity index (χ0n) is 15.8. The molecule has 27 heavy (non-hydrogen) atoms. The van der Waals surface area contributed by atoms with Crippen LogP contribution in [0.4, 0.5) is 5.69 Å². The predicted molar refractivity (Wildman–Crippen MR) is 115 cm³/mol. The SMILES string of the molecule is C[Si@]1(c2ccccc2)c2cc(Oc3ccccc3)ccc2N2CCCC1C2. The van der Waals surface area contributed by atoms with E-state index < -0.39 is 8.07 Å². The molecule has 3 aromatic rings. The third-order valence-electron chi connectivity index (χ3n) is 6.46. The predicted octanol–water partition coefficient (Wildman–Crippen LogP) is 4.66. The van der Waals surface area contributed by atoms with Gasteiger partial charge in [0.05, 0.1) is 0 Å². The average Bonchev–Trinajstić information content (AvgIpc) is 2.74. The van der Waals surface area contributed by atoms with Crippen LogP contribution in [0.5, 0.6) is 11.5 Å². The van der Waals surface area contributed by atoms with Crippen LogP contribution in [0.15, 0.2) is 78.9 Å². The largest absolute Gasteiger partial charge is 0.457 e. The van der Waals surface area contributed by atoms with Gasteiger partial charge in [-0.3, -0.25) is 0 Å². The van der Waals surface area contributed by atoms with E-state index in [-0.39, 0.29) is 0 Å². The molecule has 3 aromatic carbocycles. The standard InChI is InChI=1S/C24H25NOSi/c1-27(21-11-6-3-7-12-21)22-13-8-16-25(18-22)23-15-14-20(17-24(23)27)26-19-9-4-2-5-10-19/h2-7,9-12,14-15,17,22H,8,13,16,18H2,1H3/t22?,27-/m1/s1. The van der Waals surface area contributed by atoms with Gasteiger partial charge in [0.25, 0.3) is 0 Å². The fourth-order valence-corrected chi connectivity index (χ4v) is 9.65. The van der Waals surface area contributed by atoms with Crippen molar-refractivity contribution in [3.05, 3.63) is 78.9 Å². The molecule has 3 heteroatoms. The number of hydrogen-bond acceptors (Lipinski definition) is 2. The number of benzene rings is 3. The van der Waals surface area contributed by atoms with Crippen LogP contribution < -0.4 is 20.0 Å². The molecule has 0 aromatic heterocycles. The van der Waals surface area contributed by atoms with E-state index in [1.54, 1.807) is 5.19 Å². The van der Waals surface area contributed by atoms with Gasteiger partial charge in [-0.05, 0) is 53.9 Å². The number of fused-ring (bicyclic) bond motifs is 4. The molecule has 2 atom stereocenters. The quantitative estimate of drug-likeness (QED) is 0.621. The first-order valence-corrected chi connectivity index (χ1v) is 12.5. The monoisotopic (exact) mass is 371 g/mol. The first-order chi connectivity index (χ1) is 13.2. The molecule has 1 saturated heterocycles. The van der Waals surface area contributed by atoms with Gasteiger partial charge in [-0.1, -0.05) is 60.3 Å². The second-order valence-corrected chi connectivity index (χ2v) is 12.3. The van der Waals surface area contributed by atoms with Crippen molar-refractivity contribution in [3.63, 3.8) is 0 Å². The van der Waals surface area contributed by atoms with E-state index >= 15 is 0 Å². The van der Waals surface area contributed by atoms with Crippen LogP contribution in [0.25, 0.3) is 0 Å². The normalized spacial score (nSPS) is 23.6. The molecule has 2 aliphatic heterocycles. The summed E-state index contributed by atoms with van der Waals surface area (Å²) in [6.07, 6.45) is 2.65. The number of rotatable bonds is 3. The van der Waals surface area contributed by atoms with Crippen LogP contribution in [0.1, 0.15) is 12.8 Å². The highest BCUT2D eigenvalue weighted by Gasteiger charge is 2.47. The van der Waals surface area contributed by atoms with E-state index in [0.29, 0.717) is 0 Å². The summed E-state index contributed by atoms with van der Waals surface area (Å²) in [5.41, 5.74) is 2.21. The zero-order chi connectivity index (χ0) is 18.3. The molecule has 2 bridgehead atoms. The van der Waals surface area contributed by atoms with Crippen molar-refractivity contribution in [2.45, 2.75) is 24.9 Å². The molecule has 2 aliphatic rings. The number of piperidine rings is 1. The van der Waals surface area contributed by atoms with Crippen molar-refractivity contribution < 1.29 is 4.74 Å². The molecule has 0 aliphatic carbocycles. The van der Waals surface area contributed by atoms with Crippen molar-refractivity contribution in [2.24, 2.45) is 0 Å². The lowest BCUT2D eigenvalue weighted by atomic mass is 10.1. The first-order valence-electron chi connectivity index (χ1n) is 9.93. The smallest absolute Gasteiger partial charge is 0.127 e. The average molecular weight is 372 g/mol. The third kappa shape index (κ3) is 2.77. The van der Waals surface area contributed by atoms with Gasteiger partial charge in [0.1, 0.15) is 19.6 Å². The Bertz CT molecular complexity index is 943. The van der Waals surface area contributed by atoms with E-state index in [1.807, 2.05) is 30.3 Å². The maximum atomic E-state index is 6.20. The van der Waals surface area contributed by atoms with Crippen molar-refractivity contribution in [3.8, 4) is 11.5 Å². The van der Waals surface area contributed by atoms with Crippen LogP contribution in [0.3, 0.4) is 0 Å². The van der Waals surface area contributed by atoms with Gasteiger partial charge < -0.3 is 9.64 Å². The molecule has 0 N–H and O–H groups in total. The molecule has 1 unspecified atom stereocenters. The molecule has 5 rings (SSSR count). The molecular formula is C24H25NOSi. The highest BCUT2D eigenvalue weighted by Crippen LogP contribution is 2.40. The zero-order valence-corrected chi connectivity index (χ0v) is 16.8. The van der Waals surface area contributed by atoms with Crippen molar-refractivity contribution in [2.75, 3.05) is 18.0 Å². The molecule has 0 spiro atoms. The van der Waals surface area contributed by atoms with E-state index in [2.05, 4.69) is 60.0 Å². The van der Waals surface area contributed by atoms with Crippen LogP contribution in [0, 0.1) is 0 Å². The van der Waals surface area contributed by atoms with E-state index in [9.17, 15) is 0 Å². The van der Waals surface area contributed by atoms with Gasteiger partial charge in [-0.15, -0.1) is 0 Å². The minimum Gasteiger partial charge on any atom is -0.457 e. The summed E-state index contributed by atoms with van der Waals surface area (Å²) in [5, 5.41) is 3.09. The summed E-state index contributed by atoms with van der Waals surface area (Å²) in [6, 6.07) is 28.1. The summed E-state index contributed by atoms with van der Waals surface area (Å²) >= 11 is 0. The fourth-order valence-electron chi connectivity index (χ4n) is 4.96. The van der Waals surface area contributed by atoms with E-state index in [4.69, 9.17) is 4.74 Å². The molecule has 1 fully saturated rings. The summed E-state index contributed by atoms with van der Waals surface area (Å²) in [7, 11) is -1.82.